The van der Waals surface area contributed by atoms with Crippen LogP contribution in [0.3, 0.4) is 0 Å². The lowest BCUT2D eigenvalue weighted by Crippen LogP contribution is -2.06. The number of thiophene rings is 1. The molecule has 1 aromatic carbocycles. The maximum absolute atomic E-state index is 14.0. The molecule has 2 nitrogen and oxygen atoms in total. The minimum Gasteiger partial charge on any atom is -0.376 e. The van der Waals surface area contributed by atoms with Crippen LogP contribution in [0.5, 0.6) is 0 Å². The first kappa shape index (κ1) is 14.2. The van der Waals surface area contributed by atoms with Crippen LogP contribution < -0.4 is 5.32 Å². The van der Waals surface area contributed by atoms with Crippen LogP contribution in [0.2, 0.25) is 0 Å². The summed E-state index contributed by atoms with van der Waals surface area (Å²) in [4.78, 5) is 1.14. The molecule has 4 heteroatoms. The summed E-state index contributed by atoms with van der Waals surface area (Å²) in [6.07, 6.45) is 2.63. The molecule has 0 fully saturated rings. The van der Waals surface area contributed by atoms with Gasteiger partial charge < -0.3 is 10.1 Å². The van der Waals surface area contributed by atoms with Gasteiger partial charge in [0.25, 0.3) is 0 Å². The van der Waals surface area contributed by atoms with Crippen LogP contribution in [0.15, 0.2) is 30.9 Å². The molecular formula is C15H18FNOS. The van der Waals surface area contributed by atoms with E-state index in [0.29, 0.717) is 18.6 Å². The first-order valence-corrected chi connectivity index (χ1v) is 7.11. The quantitative estimate of drug-likeness (QED) is 0.614. The van der Waals surface area contributed by atoms with Crippen molar-refractivity contribution in [2.24, 2.45) is 0 Å². The summed E-state index contributed by atoms with van der Waals surface area (Å²) in [6.45, 7) is 5.46. The number of ether oxygens (including phenoxy) is 1. The molecule has 102 valence electrons. The molecule has 0 aliphatic heterocycles. The molecule has 2 rings (SSSR count). The minimum atomic E-state index is -0.168. The summed E-state index contributed by atoms with van der Waals surface area (Å²) in [7, 11) is 1.89. The van der Waals surface area contributed by atoms with Gasteiger partial charge in [0.05, 0.1) is 13.2 Å². The topological polar surface area (TPSA) is 21.3 Å². The molecule has 2 aromatic rings. The Morgan fingerprint density at radius 2 is 2.32 bits per heavy atom. The SMILES string of the molecule is C=CCCOCc1c(CNC)sc2cccc(F)c12. The first-order valence-electron chi connectivity index (χ1n) is 6.30. The Labute approximate surface area is 116 Å². The van der Waals surface area contributed by atoms with Crippen molar-refractivity contribution in [1.82, 2.24) is 5.32 Å². The van der Waals surface area contributed by atoms with Crippen LogP contribution in [0.25, 0.3) is 10.1 Å². The molecule has 0 unspecified atom stereocenters. The van der Waals surface area contributed by atoms with Crippen molar-refractivity contribution in [3.8, 4) is 0 Å². The third kappa shape index (κ3) is 3.21. The molecule has 0 saturated heterocycles. The molecule has 0 bridgehead atoms. The monoisotopic (exact) mass is 279 g/mol. The lowest BCUT2D eigenvalue weighted by Gasteiger charge is -2.06. The number of halogens is 1. The Bertz CT molecular complexity index is 565. The number of hydrogen-bond acceptors (Lipinski definition) is 3. The third-order valence-electron chi connectivity index (χ3n) is 2.90. The second kappa shape index (κ2) is 6.80. The van der Waals surface area contributed by atoms with Gasteiger partial charge in [0.1, 0.15) is 5.82 Å². The van der Waals surface area contributed by atoms with Crippen molar-refractivity contribution in [2.45, 2.75) is 19.6 Å². The minimum absolute atomic E-state index is 0.168. The summed E-state index contributed by atoms with van der Waals surface area (Å²) in [5, 5.41) is 3.83. The second-order valence-electron chi connectivity index (χ2n) is 4.28. The average molecular weight is 279 g/mol. The van der Waals surface area contributed by atoms with Crippen LogP contribution in [0.1, 0.15) is 16.9 Å². The van der Waals surface area contributed by atoms with E-state index < -0.39 is 0 Å². The molecule has 1 aromatic heterocycles. The van der Waals surface area contributed by atoms with Crippen molar-refractivity contribution in [1.29, 1.82) is 0 Å². The summed E-state index contributed by atoms with van der Waals surface area (Å²) in [5.74, 6) is -0.168. The molecule has 0 atom stereocenters. The number of fused-ring (bicyclic) bond motifs is 1. The van der Waals surface area contributed by atoms with E-state index in [4.69, 9.17) is 4.74 Å². The highest BCUT2D eigenvalue weighted by Crippen LogP contribution is 2.33. The highest BCUT2D eigenvalue weighted by molar-refractivity contribution is 7.19. The molecule has 0 amide bonds. The molecule has 0 radical (unpaired) electrons. The highest BCUT2D eigenvalue weighted by atomic mass is 32.1. The van der Waals surface area contributed by atoms with Gasteiger partial charge in [-0.3, -0.25) is 0 Å². The van der Waals surface area contributed by atoms with E-state index in [1.807, 2.05) is 19.2 Å². The van der Waals surface area contributed by atoms with Gasteiger partial charge in [0.2, 0.25) is 0 Å². The van der Waals surface area contributed by atoms with E-state index in [-0.39, 0.29) is 5.82 Å². The van der Waals surface area contributed by atoms with Gasteiger partial charge in [-0.2, -0.15) is 0 Å². The zero-order valence-corrected chi connectivity index (χ0v) is 11.9. The van der Waals surface area contributed by atoms with Gasteiger partial charge >= 0.3 is 0 Å². The smallest absolute Gasteiger partial charge is 0.132 e. The van der Waals surface area contributed by atoms with Gasteiger partial charge in [0, 0.05) is 27.1 Å². The summed E-state index contributed by atoms with van der Waals surface area (Å²) in [5.41, 5.74) is 0.969. The fraction of sp³-hybridized carbons (Fsp3) is 0.333. The van der Waals surface area contributed by atoms with Crippen molar-refractivity contribution < 1.29 is 9.13 Å². The van der Waals surface area contributed by atoms with E-state index in [2.05, 4.69) is 11.9 Å². The number of nitrogens with one attached hydrogen (secondary N) is 1. The van der Waals surface area contributed by atoms with E-state index in [1.165, 1.54) is 6.07 Å². The summed E-state index contributed by atoms with van der Waals surface area (Å²) < 4.78 is 20.6. The van der Waals surface area contributed by atoms with Crippen molar-refractivity contribution in [2.75, 3.05) is 13.7 Å². The van der Waals surface area contributed by atoms with Crippen LogP contribution in [0.4, 0.5) is 4.39 Å². The van der Waals surface area contributed by atoms with Crippen LogP contribution in [-0.2, 0) is 17.9 Å². The van der Waals surface area contributed by atoms with Crippen molar-refractivity contribution >= 4 is 21.4 Å². The van der Waals surface area contributed by atoms with E-state index >= 15 is 0 Å². The van der Waals surface area contributed by atoms with E-state index in [0.717, 1.165) is 28.1 Å². The van der Waals surface area contributed by atoms with E-state index in [9.17, 15) is 4.39 Å². The lowest BCUT2D eigenvalue weighted by atomic mass is 10.1. The zero-order valence-electron chi connectivity index (χ0n) is 11.0. The first-order chi connectivity index (χ1) is 9.27. The Hall–Kier alpha value is -1.23. The van der Waals surface area contributed by atoms with E-state index in [1.54, 1.807) is 17.4 Å². The van der Waals surface area contributed by atoms with Gasteiger partial charge in [-0.25, -0.2) is 4.39 Å². The van der Waals surface area contributed by atoms with Crippen LogP contribution in [-0.4, -0.2) is 13.7 Å². The average Bonchev–Trinajstić information content (AvgIpc) is 2.74. The molecule has 1 heterocycles. The van der Waals surface area contributed by atoms with Gasteiger partial charge in [-0.05, 0) is 25.6 Å². The summed E-state index contributed by atoms with van der Waals surface area (Å²) >= 11 is 1.62. The largest absolute Gasteiger partial charge is 0.376 e. The molecule has 0 aliphatic rings. The third-order valence-corrected chi connectivity index (χ3v) is 4.09. The Morgan fingerprint density at radius 3 is 3.05 bits per heavy atom. The molecule has 0 spiro atoms. The van der Waals surface area contributed by atoms with Gasteiger partial charge in [-0.1, -0.05) is 12.1 Å². The standard InChI is InChI=1S/C15H18FNOS/c1-3-4-8-18-10-11-14(9-17-2)19-13-7-5-6-12(16)15(11)13/h3,5-7,17H,1,4,8-10H2,2H3. The maximum atomic E-state index is 14.0. The summed E-state index contributed by atoms with van der Waals surface area (Å²) in [6, 6.07) is 5.21. The predicted octanol–water partition coefficient (Wildman–Crippen LogP) is 3.85. The molecule has 19 heavy (non-hydrogen) atoms. The molecule has 0 saturated carbocycles. The number of benzene rings is 1. The Kier molecular flexibility index (Phi) is 5.07. The fourth-order valence-electron chi connectivity index (χ4n) is 2.01. The zero-order chi connectivity index (χ0) is 13.7. The van der Waals surface area contributed by atoms with Crippen LogP contribution in [0, 0.1) is 5.82 Å². The normalized spacial score (nSPS) is 11.1. The lowest BCUT2D eigenvalue weighted by molar-refractivity contribution is 0.126. The highest BCUT2D eigenvalue weighted by Gasteiger charge is 2.14. The number of hydrogen-bond donors (Lipinski definition) is 1. The maximum Gasteiger partial charge on any atom is 0.132 e. The second-order valence-corrected chi connectivity index (χ2v) is 5.41. The Balaban J connectivity index is 2.31. The van der Waals surface area contributed by atoms with Crippen molar-refractivity contribution in [3.63, 3.8) is 0 Å². The Morgan fingerprint density at radius 1 is 1.47 bits per heavy atom. The predicted molar refractivity (Wildman–Crippen MR) is 79.0 cm³/mol. The van der Waals surface area contributed by atoms with Crippen molar-refractivity contribution in [3.05, 3.63) is 47.1 Å². The number of rotatable bonds is 7. The molecule has 0 aliphatic carbocycles. The van der Waals surface area contributed by atoms with Gasteiger partial charge in [0.15, 0.2) is 0 Å². The molecular weight excluding hydrogens is 261 g/mol. The molecule has 1 N–H and O–H groups in total. The fourth-order valence-corrected chi connectivity index (χ4v) is 3.25. The van der Waals surface area contributed by atoms with Crippen LogP contribution >= 0.6 is 11.3 Å². The van der Waals surface area contributed by atoms with Gasteiger partial charge in [-0.15, -0.1) is 17.9 Å².